The first-order valence-corrected chi connectivity index (χ1v) is 7.02. The van der Waals surface area contributed by atoms with Gasteiger partial charge in [-0.2, -0.15) is 0 Å². The summed E-state index contributed by atoms with van der Waals surface area (Å²) in [6.07, 6.45) is 4.55. The quantitative estimate of drug-likeness (QED) is 0.839. The zero-order chi connectivity index (χ0) is 12.8. The predicted octanol–water partition coefficient (Wildman–Crippen LogP) is 3.10. The Labute approximate surface area is 111 Å². The molecule has 0 bridgehead atoms. The van der Waals surface area contributed by atoms with Gasteiger partial charge in [0.1, 0.15) is 5.75 Å². The van der Waals surface area contributed by atoms with Crippen LogP contribution in [-0.2, 0) is 6.42 Å². The van der Waals surface area contributed by atoms with Crippen LogP contribution in [0.5, 0.6) is 11.6 Å². The standard InChI is InChI=1S/C14H16N2OS/c1-18-13-6-4-12(5-7-13)17-14-11(8-9-15)3-2-10-16-14/h2-7,10H,8-9,15H2,1H3. The Hall–Kier alpha value is -1.52. The van der Waals surface area contributed by atoms with Crippen LogP contribution in [0.1, 0.15) is 5.56 Å². The molecular weight excluding hydrogens is 244 g/mol. The number of thioether (sulfide) groups is 1. The lowest BCUT2D eigenvalue weighted by atomic mass is 10.2. The van der Waals surface area contributed by atoms with Crippen LogP contribution in [-0.4, -0.2) is 17.8 Å². The predicted molar refractivity (Wildman–Crippen MR) is 75.3 cm³/mol. The molecule has 0 aliphatic rings. The van der Waals surface area contributed by atoms with Crippen molar-refractivity contribution in [3.05, 3.63) is 48.2 Å². The third-order valence-corrected chi connectivity index (χ3v) is 3.28. The van der Waals surface area contributed by atoms with Gasteiger partial charge in [-0.15, -0.1) is 11.8 Å². The molecule has 2 rings (SSSR count). The molecule has 1 aromatic carbocycles. The molecule has 4 heteroatoms. The van der Waals surface area contributed by atoms with E-state index in [4.69, 9.17) is 10.5 Å². The molecule has 0 saturated heterocycles. The summed E-state index contributed by atoms with van der Waals surface area (Å²) >= 11 is 1.71. The van der Waals surface area contributed by atoms with E-state index in [1.54, 1.807) is 18.0 Å². The summed E-state index contributed by atoms with van der Waals surface area (Å²) in [6.45, 7) is 0.591. The molecule has 1 heterocycles. The highest BCUT2D eigenvalue weighted by molar-refractivity contribution is 7.98. The van der Waals surface area contributed by atoms with E-state index in [1.165, 1.54) is 4.90 Å². The highest BCUT2D eigenvalue weighted by Gasteiger charge is 2.05. The van der Waals surface area contributed by atoms with E-state index >= 15 is 0 Å². The Morgan fingerprint density at radius 1 is 1.22 bits per heavy atom. The minimum atomic E-state index is 0.591. The highest BCUT2D eigenvalue weighted by Crippen LogP contribution is 2.25. The summed E-state index contributed by atoms with van der Waals surface area (Å²) in [6, 6.07) is 11.9. The van der Waals surface area contributed by atoms with Gasteiger partial charge in [-0.05, 0) is 49.6 Å². The lowest BCUT2D eigenvalue weighted by Crippen LogP contribution is -2.04. The molecule has 0 saturated carbocycles. The fourth-order valence-corrected chi connectivity index (χ4v) is 2.03. The van der Waals surface area contributed by atoms with Crippen molar-refractivity contribution in [2.75, 3.05) is 12.8 Å². The molecule has 0 radical (unpaired) electrons. The van der Waals surface area contributed by atoms with Crippen molar-refractivity contribution < 1.29 is 4.74 Å². The highest BCUT2D eigenvalue weighted by atomic mass is 32.2. The van der Waals surface area contributed by atoms with Crippen LogP contribution < -0.4 is 10.5 Å². The number of nitrogens with zero attached hydrogens (tertiary/aromatic N) is 1. The first kappa shape index (κ1) is 12.9. The summed E-state index contributed by atoms with van der Waals surface area (Å²) in [5.74, 6) is 1.43. The monoisotopic (exact) mass is 260 g/mol. The minimum Gasteiger partial charge on any atom is -0.439 e. The molecule has 0 unspecified atom stereocenters. The molecule has 0 atom stereocenters. The average Bonchev–Trinajstić information content (AvgIpc) is 2.42. The number of benzene rings is 1. The molecule has 18 heavy (non-hydrogen) atoms. The number of aromatic nitrogens is 1. The SMILES string of the molecule is CSc1ccc(Oc2ncccc2CCN)cc1. The van der Waals surface area contributed by atoms with Gasteiger partial charge in [-0.3, -0.25) is 0 Å². The van der Waals surface area contributed by atoms with Crippen LogP contribution >= 0.6 is 11.8 Å². The van der Waals surface area contributed by atoms with Gasteiger partial charge < -0.3 is 10.5 Å². The van der Waals surface area contributed by atoms with E-state index in [0.717, 1.165) is 17.7 Å². The minimum absolute atomic E-state index is 0.591. The normalized spacial score (nSPS) is 10.3. The molecule has 3 nitrogen and oxygen atoms in total. The lowest BCUT2D eigenvalue weighted by molar-refractivity contribution is 0.456. The van der Waals surface area contributed by atoms with Crippen molar-refractivity contribution in [1.29, 1.82) is 0 Å². The molecule has 2 aromatic rings. The second kappa shape index (κ2) is 6.42. The van der Waals surface area contributed by atoms with Crippen molar-refractivity contribution in [3.63, 3.8) is 0 Å². The van der Waals surface area contributed by atoms with E-state index in [1.807, 2.05) is 42.7 Å². The second-order valence-electron chi connectivity index (χ2n) is 3.78. The Morgan fingerprint density at radius 2 is 2.00 bits per heavy atom. The third-order valence-electron chi connectivity index (χ3n) is 2.54. The Balaban J connectivity index is 2.17. The van der Waals surface area contributed by atoms with Gasteiger partial charge in [0.2, 0.25) is 5.88 Å². The number of nitrogens with two attached hydrogens (primary N) is 1. The Bertz CT molecular complexity index is 499. The van der Waals surface area contributed by atoms with Crippen molar-refractivity contribution in [3.8, 4) is 11.6 Å². The van der Waals surface area contributed by atoms with Crippen molar-refractivity contribution in [2.24, 2.45) is 5.73 Å². The molecule has 0 fully saturated rings. The smallest absolute Gasteiger partial charge is 0.222 e. The third kappa shape index (κ3) is 3.24. The van der Waals surface area contributed by atoms with Crippen LogP contribution in [0.15, 0.2) is 47.5 Å². The zero-order valence-electron chi connectivity index (χ0n) is 10.3. The molecule has 0 aliphatic carbocycles. The average molecular weight is 260 g/mol. The fraction of sp³-hybridized carbons (Fsp3) is 0.214. The summed E-state index contributed by atoms with van der Waals surface area (Å²) in [5.41, 5.74) is 6.61. The van der Waals surface area contributed by atoms with Crippen LogP contribution in [0.25, 0.3) is 0 Å². The fourth-order valence-electron chi connectivity index (χ4n) is 1.62. The Morgan fingerprint density at radius 3 is 2.67 bits per heavy atom. The van der Waals surface area contributed by atoms with Crippen LogP contribution in [0.3, 0.4) is 0 Å². The van der Waals surface area contributed by atoms with Crippen LogP contribution in [0, 0.1) is 0 Å². The maximum absolute atomic E-state index is 5.79. The van der Waals surface area contributed by atoms with Gasteiger partial charge in [0.15, 0.2) is 0 Å². The number of rotatable bonds is 5. The number of ether oxygens (including phenoxy) is 1. The Kier molecular flexibility index (Phi) is 4.61. The largest absolute Gasteiger partial charge is 0.439 e. The van der Waals surface area contributed by atoms with Gasteiger partial charge in [0.25, 0.3) is 0 Å². The summed E-state index contributed by atoms with van der Waals surface area (Å²) in [5, 5.41) is 0. The molecule has 94 valence electrons. The van der Waals surface area contributed by atoms with E-state index in [-0.39, 0.29) is 0 Å². The topological polar surface area (TPSA) is 48.1 Å². The summed E-state index contributed by atoms with van der Waals surface area (Å²) < 4.78 is 5.79. The second-order valence-corrected chi connectivity index (χ2v) is 4.66. The molecule has 0 amide bonds. The maximum atomic E-state index is 5.79. The van der Waals surface area contributed by atoms with Gasteiger partial charge >= 0.3 is 0 Å². The van der Waals surface area contributed by atoms with Crippen molar-refractivity contribution >= 4 is 11.8 Å². The summed E-state index contributed by atoms with van der Waals surface area (Å²) in [7, 11) is 0. The first-order chi connectivity index (χ1) is 8.83. The summed E-state index contributed by atoms with van der Waals surface area (Å²) in [4.78, 5) is 5.47. The number of pyridine rings is 1. The van der Waals surface area contributed by atoms with Gasteiger partial charge in [-0.1, -0.05) is 6.07 Å². The van der Waals surface area contributed by atoms with Gasteiger partial charge in [-0.25, -0.2) is 4.98 Å². The van der Waals surface area contributed by atoms with Crippen molar-refractivity contribution in [1.82, 2.24) is 4.98 Å². The number of hydrogen-bond acceptors (Lipinski definition) is 4. The van der Waals surface area contributed by atoms with Crippen molar-refractivity contribution in [2.45, 2.75) is 11.3 Å². The lowest BCUT2D eigenvalue weighted by Gasteiger charge is -2.09. The first-order valence-electron chi connectivity index (χ1n) is 5.79. The van der Waals surface area contributed by atoms with E-state index in [2.05, 4.69) is 4.98 Å². The van der Waals surface area contributed by atoms with E-state index in [9.17, 15) is 0 Å². The van der Waals surface area contributed by atoms with Crippen LogP contribution in [0.2, 0.25) is 0 Å². The molecular formula is C14H16N2OS. The zero-order valence-corrected chi connectivity index (χ0v) is 11.1. The van der Waals surface area contributed by atoms with Gasteiger partial charge in [0, 0.05) is 16.7 Å². The van der Waals surface area contributed by atoms with E-state index in [0.29, 0.717) is 12.4 Å². The molecule has 1 aromatic heterocycles. The van der Waals surface area contributed by atoms with E-state index < -0.39 is 0 Å². The molecule has 2 N–H and O–H groups in total. The van der Waals surface area contributed by atoms with Crippen LogP contribution in [0.4, 0.5) is 0 Å². The maximum Gasteiger partial charge on any atom is 0.222 e. The van der Waals surface area contributed by atoms with Gasteiger partial charge in [0.05, 0.1) is 0 Å². The number of hydrogen-bond donors (Lipinski definition) is 1. The molecule has 0 spiro atoms. The molecule has 0 aliphatic heterocycles.